The number of hydrogen-bond acceptors (Lipinski definition) is 5. The quantitative estimate of drug-likeness (QED) is 0.668. The Labute approximate surface area is 159 Å². The third kappa shape index (κ3) is 4.94. The van der Waals surface area contributed by atoms with Gasteiger partial charge in [0.1, 0.15) is 5.82 Å². The maximum Gasteiger partial charge on any atom is 0.208 e. The molecule has 2 aromatic rings. The van der Waals surface area contributed by atoms with Gasteiger partial charge in [-0.2, -0.15) is 0 Å². The second kappa shape index (κ2) is 8.35. The van der Waals surface area contributed by atoms with Crippen LogP contribution in [-0.4, -0.2) is 25.7 Å². The molecular formula is C18H24ClFN2O3S. The first-order chi connectivity index (χ1) is 11.6. The van der Waals surface area contributed by atoms with E-state index < -0.39 is 27.4 Å². The van der Waals surface area contributed by atoms with Crippen molar-refractivity contribution in [2.45, 2.75) is 42.1 Å². The van der Waals surface area contributed by atoms with Gasteiger partial charge in [-0.15, -0.1) is 12.4 Å². The van der Waals surface area contributed by atoms with E-state index >= 15 is 0 Å². The van der Waals surface area contributed by atoms with E-state index in [-0.39, 0.29) is 34.3 Å². The molecule has 2 rings (SSSR count). The molecule has 0 spiro atoms. The Hall–Kier alpha value is -1.67. The first-order valence-corrected chi connectivity index (χ1v) is 9.32. The van der Waals surface area contributed by atoms with Crippen molar-refractivity contribution in [3.8, 4) is 0 Å². The molecule has 0 saturated heterocycles. The lowest BCUT2D eigenvalue weighted by atomic mass is 10.0. The van der Waals surface area contributed by atoms with E-state index in [2.05, 4.69) is 5.32 Å². The first-order valence-electron chi connectivity index (χ1n) is 7.84. The monoisotopic (exact) mass is 402 g/mol. The van der Waals surface area contributed by atoms with Gasteiger partial charge in [-0.1, -0.05) is 18.2 Å². The Morgan fingerprint density at radius 1 is 1.19 bits per heavy atom. The summed E-state index contributed by atoms with van der Waals surface area (Å²) in [7, 11) is -3.97. The molecule has 0 amide bonds. The van der Waals surface area contributed by atoms with Gasteiger partial charge in [0.2, 0.25) is 9.84 Å². The van der Waals surface area contributed by atoms with Crippen LogP contribution in [0.2, 0.25) is 0 Å². The van der Waals surface area contributed by atoms with E-state index in [1.807, 2.05) is 20.8 Å². The first kappa shape index (κ1) is 22.4. The smallest absolute Gasteiger partial charge is 0.208 e. The van der Waals surface area contributed by atoms with Crippen molar-refractivity contribution in [1.82, 2.24) is 5.32 Å². The number of hydrogen-bond donors (Lipinski definition) is 3. The predicted molar refractivity (Wildman–Crippen MR) is 103 cm³/mol. The van der Waals surface area contributed by atoms with Crippen LogP contribution in [0, 0.1) is 5.82 Å². The van der Waals surface area contributed by atoms with E-state index in [9.17, 15) is 17.9 Å². The number of aliphatic hydroxyl groups excluding tert-OH is 1. The molecule has 144 valence electrons. The van der Waals surface area contributed by atoms with E-state index in [0.717, 1.165) is 6.07 Å². The second-order valence-corrected chi connectivity index (χ2v) is 8.78. The highest BCUT2D eigenvalue weighted by Crippen LogP contribution is 2.31. The molecule has 0 fully saturated rings. The highest BCUT2D eigenvalue weighted by molar-refractivity contribution is 7.91. The average molecular weight is 403 g/mol. The van der Waals surface area contributed by atoms with Crippen LogP contribution in [0.3, 0.4) is 0 Å². The molecule has 0 bridgehead atoms. The highest BCUT2D eigenvalue weighted by atomic mass is 35.5. The van der Waals surface area contributed by atoms with Crippen molar-refractivity contribution in [3.63, 3.8) is 0 Å². The van der Waals surface area contributed by atoms with E-state index in [0.29, 0.717) is 5.56 Å². The van der Waals surface area contributed by atoms with Crippen LogP contribution in [-0.2, 0) is 9.84 Å². The summed E-state index contributed by atoms with van der Waals surface area (Å²) in [5, 5.41) is 12.8. The number of anilines is 1. The summed E-state index contributed by atoms with van der Waals surface area (Å²) in [6.07, 6.45) is 0. The number of aliphatic hydroxyl groups is 1. The van der Waals surface area contributed by atoms with Crippen LogP contribution in [0.15, 0.2) is 52.3 Å². The number of sulfone groups is 1. The normalized spacial score (nSPS) is 13.1. The lowest BCUT2D eigenvalue weighted by molar-refractivity contribution is 0.217. The van der Waals surface area contributed by atoms with Gasteiger partial charge < -0.3 is 16.2 Å². The van der Waals surface area contributed by atoms with Crippen molar-refractivity contribution in [1.29, 1.82) is 0 Å². The van der Waals surface area contributed by atoms with Crippen LogP contribution >= 0.6 is 12.4 Å². The van der Waals surface area contributed by atoms with Crippen LogP contribution in [0.4, 0.5) is 10.1 Å². The lowest BCUT2D eigenvalue weighted by Crippen LogP contribution is -2.40. The fourth-order valence-corrected chi connectivity index (χ4v) is 3.97. The molecule has 0 aliphatic carbocycles. The zero-order chi connectivity index (χ0) is 18.8. The fraction of sp³-hybridized carbons (Fsp3) is 0.333. The highest BCUT2D eigenvalue weighted by Gasteiger charge is 2.26. The maximum absolute atomic E-state index is 14.3. The Morgan fingerprint density at radius 3 is 2.27 bits per heavy atom. The van der Waals surface area contributed by atoms with E-state index in [1.54, 1.807) is 18.2 Å². The molecule has 1 unspecified atom stereocenters. The number of benzene rings is 2. The standard InChI is InChI=1S/C18H23FN2O3S.ClH/c1-18(2,3)21-15(11-22)12-9-14(19)17(20)16(10-12)25(23,24)13-7-5-4-6-8-13;/h4-10,15,21-22H,11,20H2,1-3H3;1H. The van der Waals surface area contributed by atoms with Gasteiger partial charge >= 0.3 is 0 Å². The Kier molecular flexibility index (Phi) is 7.18. The molecule has 5 nitrogen and oxygen atoms in total. The van der Waals surface area contributed by atoms with Crippen LogP contribution in [0.1, 0.15) is 32.4 Å². The van der Waals surface area contributed by atoms with Crippen LogP contribution < -0.4 is 11.1 Å². The summed E-state index contributed by atoms with van der Waals surface area (Å²) in [4.78, 5) is -0.273. The van der Waals surface area contributed by atoms with Crippen LogP contribution in [0.5, 0.6) is 0 Å². The summed E-state index contributed by atoms with van der Waals surface area (Å²) < 4.78 is 40.0. The van der Waals surface area contributed by atoms with E-state index in [4.69, 9.17) is 5.73 Å². The molecule has 4 N–H and O–H groups in total. The number of halogens is 2. The zero-order valence-corrected chi connectivity index (χ0v) is 16.5. The number of nitrogen functional groups attached to an aromatic ring is 1. The van der Waals surface area contributed by atoms with Gasteiger partial charge in [0.15, 0.2) is 0 Å². The van der Waals surface area contributed by atoms with Gasteiger partial charge in [0, 0.05) is 5.54 Å². The van der Waals surface area contributed by atoms with Crippen LogP contribution in [0.25, 0.3) is 0 Å². The number of nitrogens with one attached hydrogen (secondary N) is 1. The Bertz CT molecular complexity index is 853. The molecule has 0 aliphatic rings. The molecule has 0 heterocycles. The molecule has 0 aliphatic heterocycles. The summed E-state index contributed by atoms with van der Waals surface area (Å²) in [5.41, 5.74) is 5.24. The lowest BCUT2D eigenvalue weighted by Gasteiger charge is -2.28. The molecule has 0 saturated carbocycles. The molecular weight excluding hydrogens is 379 g/mol. The van der Waals surface area contributed by atoms with Crippen molar-refractivity contribution in [2.75, 3.05) is 12.3 Å². The van der Waals surface area contributed by atoms with Gasteiger partial charge in [0.05, 0.1) is 28.1 Å². The van der Waals surface area contributed by atoms with Gasteiger partial charge in [0.25, 0.3) is 0 Å². The minimum Gasteiger partial charge on any atom is -0.395 e. The number of nitrogens with two attached hydrogens (primary N) is 1. The molecule has 1 atom stereocenters. The minimum absolute atomic E-state index is 0. The molecule has 0 radical (unpaired) electrons. The Morgan fingerprint density at radius 2 is 1.77 bits per heavy atom. The molecule has 2 aromatic carbocycles. The van der Waals surface area contributed by atoms with Crippen molar-refractivity contribution >= 4 is 27.9 Å². The molecule has 26 heavy (non-hydrogen) atoms. The Balaban J connectivity index is 0.00000338. The summed E-state index contributed by atoms with van der Waals surface area (Å²) in [6, 6.07) is 9.56. The fourth-order valence-electron chi connectivity index (χ4n) is 2.52. The van der Waals surface area contributed by atoms with E-state index in [1.165, 1.54) is 18.2 Å². The van der Waals surface area contributed by atoms with Gasteiger partial charge in [-0.25, -0.2) is 12.8 Å². The topological polar surface area (TPSA) is 92.4 Å². The predicted octanol–water partition coefficient (Wildman–Crippen LogP) is 3.08. The second-order valence-electron chi connectivity index (χ2n) is 6.86. The molecule has 8 heteroatoms. The average Bonchev–Trinajstić information content (AvgIpc) is 2.55. The SMILES string of the molecule is CC(C)(C)NC(CO)c1cc(F)c(N)c(S(=O)(=O)c2ccccc2)c1.Cl. The largest absolute Gasteiger partial charge is 0.395 e. The van der Waals surface area contributed by atoms with Gasteiger partial charge in [-0.05, 0) is 50.6 Å². The van der Waals surface area contributed by atoms with Crippen molar-refractivity contribution < 1.29 is 17.9 Å². The zero-order valence-electron chi connectivity index (χ0n) is 14.9. The minimum atomic E-state index is -3.97. The summed E-state index contributed by atoms with van der Waals surface area (Å²) in [6.45, 7) is 5.37. The van der Waals surface area contributed by atoms with Crippen molar-refractivity contribution in [3.05, 3.63) is 53.8 Å². The maximum atomic E-state index is 14.3. The van der Waals surface area contributed by atoms with Crippen molar-refractivity contribution in [2.24, 2.45) is 0 Å². The summed E-state index contributed by atoms with van der Waals surface area (Å²) in [5.74, 6) is -0.832. The summed E-state index contributed by atoms with van der Waals surface area (Å²) >= 11 is 0. The number of rotatable bonds is 5. The molecule has 0 aromatic heterocycles. The third-order valence-electron chi connectivity index (χ3n) is 3.65. The van der Waals surface area contributed by atoms with Gasteiger partial charge in [-0.3, -0.25) is 0 Å². The third-order valence-corrected chi connectivity index (χ3v) is 5.46.